The molecule has 0 saturated carbocycles. The smallest absolute Gasteiger partial charge is 0.331 e. The van der Waals surface area contributed by atoms with Crippen molar-refractivity contribution < 1.29 is 14.7 Å². The van der Waals surface area contributed by atoms with Crippen molar-refractivity contribution in [1.82, 2.24) is 4.90 Å². The van der Waals surface area contributed by atoms with Gasteiger partial charge in [-0.3, -0.25) is 4.79 Å². The van der Waals surface area contributed by atoms with E-state index in [2.05, 4.69) is 0 Å². The lowest BCUT2D eigenvalue weighted by molar-refractivity contribution is -0.148. The van der Waals surface area contributed by atoms with Gasteiger partial charge in [-0.25, -0.2) is 4.79 Å². The number of benzene rings is 1. The van der Waals surface area contributed by atoms with Crippen LogP contribution in [0.3, 0.4) is 0 Å². The van der Waals surface area contributed by atoms with Crippen LogP contribution in [-0.4, -0.2) is 28.9 Å². The van der Waals surface area contributed by atoms with E-state index >= 15 is 0 Å². The number of carboxylic acid groups (broad SMARTS) is 1. The van der Waals surface area contributed by atoms with E-state index in [0.717, 1.165) is 5.56 Å². The first kappa shape index (κ1) is 13.5. The molecule has 0 radical (unpaired) electrons. The number of nitrogens with zero attached hydrogens (tertiary/aromatic N) is 1. The predicted molar refractivity (Wildman–Crippen MR) is 65.0 cm³/mol. The third kappa shape index (κ3) is 2.97. The van der Waals surface area contributed by atoms with Gasteiger partial charge in [0.1, 0.15) is 0 Å². The molecule has 0 spiro atoms. The molecule has 1 rings (SSSR count). The molecule has 1 aromatic carbocycles. The van der Waals surface area contributed by atoms with Crippen LogP contribution in [0.4, 0.5) is 0 Å². The van der Waals surface area contributed by atoms with Crippen molar-refractivity contribution in [2.75, 3.05) is 7.05 Å². The Morgan fingerprint density at radius 2 is 2.00 bits per heavy atom. The number of halogens is 1. The maximum atomic E-state index is 11.3. The Morgan fingerprint density at radius 1 is 1.41 bits per heavy atom. The number of carboxylic acids is 1. The SMILES string of the molecule is CC(=O)N(C)C(C(=O)O)c1ccc(Cl)cc1C. The first-order chi connectivity index (χ1) is 7.84. The fourth-order valence-electron chi connectivity index (χ4n) is 1.64. The van der Waals surface area contributed by atoms with Gasteiger partial charge >= 0.3 is 5.97 Å². The highest BCUT2D eigenvalue weighted by atomic mass is 35.5. The molecular formula is C12H14ClNO3. The molecule has 92 valence electrons. The van der Waals surface area contributed by atoms with Gasteiger partial charge in [-0.05, 0) is 30.2 Å². The summed E-state index contributed by atoms with van der Waals surface area (Å²) < 4.78 is 0. The number of aliphatic carboxylic acids is 1. The van der Waals surface area contributed by atoms with E-state index in [-0.39, 0.29) is 5.91 Å². The minimum atomic E-state index is -1.06. The standard InChI is InChI=1S/C12H14ClNO3/c1-7-6-9(13)4-5-10(7)11(12(16)17)14(3)8(2)15/h4-6,11H,1-3H3,(H,16,17). The van der Waals surface area contributed by atoms with Crippen LogP contribution in [0.1, 0.15) is 24.1 Å². The Hall–Kier alpha value is -1.55. The number of rotatable bonds is 3. The van der Waals surface area contributed by atoms with Crippen molar-refractivity contribution in [2.24, 2.45) is 0 Å². The summed E-state index contributed by atoms with van der Waals surface area (Å²) in [6, 6.07) is 3.95. The summed E-state index contributed by atoms with van der Waals surface area (Å²) in [5.41, 5.74) is 1.32. The monoisotopic (exact) mass is 255 g/mol. The normalized spacial score (nSPS) is 12.0. The fraction of sp³-hybridized carbons (Fsp3) is 0.333. The van der Waals surface area contributed by atoms with E-state index in [1.807, 2.05) is 0 Å². The molecule has 17 heavy (non-hydrogen) atoms. The summed E-state index contributed by atoms with van der Waals surface area (Å²) in [5.74, 6) is -1.36. The highest BCUT2D eigenvalue weighted by Crippen LogP contribution is 2.25. The molecule has 0 aliphatic heterocycles. The van der Waals surface area contributed by atoms with Crippen LogP contribution in [-0.2, 0) is 9.59 Å². The van der Waals surface area contributed by atoms with Crippen molar-refractivity contribution in [1.29, 1.82) is 0 Å². The zero-order chi connectivity index (χ0) is 13.2. The molecule has 1 unspecified atom stereocenters. The summed E-state index contributed by atoms with van der Waals surface area (Å²) >= 11 is 5.82. The van der Waals surface area contributed by atoms with E-state index in [1.54, 1.807) is 25.1 Å². The Morgan fingerprint density at radius 3 is 2.41 bits per heavy atom. The highest BCUT2D eigenvalue weighted by Gasteiger charge is 2.27. The molecule has 0 heterocycles. The van der Waals surface area contributed by atoms with Crippen molar-refractivity contribution in [2.45, 2.75) is 19.9 Å². The van der Waals surface area contributed by atoms with Gasteiger partial charge in [0, 0.05) is 19.0 Å². The second kappa shape index (κ2) is 5.19. The zero-order valence-electron chi connectivity index (χ0n) is 9.90. The molecule has 1 N–H and O–H groups in total. The van der Waals surface area contributed by atoms with Gasteiger partial charge in [-0.2, -0.15) is 0 Å². The number of hydrogen-bond donors (Lipinski definition) is 1. The number of hydrogen-bond acceptors (Lipinski definition) is 2. The summed E-state index contributed by atoms with van der Waals surface area (Å²) in [4.78, 5) is 23.7. The van der Waals surface area contributed by atoms with Crippen LogP contribution in [0.5, 0.6) is 0 Å². The van der Waals surface area contributed by atoms with Crippen LogP contribution in [0, 0.1) is 6.92 Å². The molecule has 1 atom stereocenters. The molecule has 0 aromatic heterocycles. The second-order valence-electron chi connectivity index (χ2n) is 3.87. The van der Waals surface area contributed by atoms with Gasteiger partial charge in [-0.15, -0.1) is 0 Å². The molecule has 0 aliphatic rings. The molecule has 0 fully saturated rings. The van der Waals surface area contributed by atoms with E-state index < -0.39 is 12.0 Å². The summed E-state index contributed by atoms with van der Waals surface area (Å²) in [5, 5.41) is 9.76. The molecule has 5 heteroatoms. The molecule has 1 aromatic rings. The Balaban J connectivity index is 3.23. The number of carbonyl (C=O) groups is 2. The third-order valence-electron chi connectivity index (χ3n) is 2.64. The largest absolute Gasteiger partial charge is 0.479 e. The molecular weight excluding hydrogens is 242 g/mol. The fourth-order valence-corrected chi connectivity index (χ4v) is 1.86. The van der Waals surface area contributed by atoms with Crippen molar-refractivity contribution in [3.05, 3.63) is 34.3 Å². The molecule has 0 bridgehead atoms. The second-order valence-corrected chi connectivity index (χ2v) is 4.31. The Labute approximate surface area is 105 Å². The van der Waals surface area contributed by atoms with Crippen LogP contribution in [0.2, 0.25) is 5.02 Å². The quantitative estimate of drug-likeness (QED) is 0.901. The maximum Gasteiger partial charge on any atom is 0.331 e. The average molecular weight is 256 g/mol. The van der Waals surface area contributed by atoms with Gasteiger partial charge in [-0.1, -0.05) is 17.7 Å². The first-order valence-electron chi connectivity index (χ1n) is 5.07. The van der Waals surface area contributed by atoms with Gasteiger partial charge in [0.05, 0.1) is 0 Å². The average Bonchev–Trinajstić information content (AvgIpc) is 2.20. The lowest BCUT2D eigenvalue weighted by Gasteiger charge is -2.25. The minimum absolute atomic E-state index is 0.299. The number of amides is 1. The number of likely N-dealkylation sites (N-methyl/N-ethyl adjacent to an activating group) is 1. The van der Waals surface area contributed by atoms with Crippen LogP contribution in [0.15, 0.2) is 18.2 Å². The Kier molecular flexibility index (Phi) is 4.12. The Bertz CT molecular complexity index is 459. The van der Waals surface area contributed by atoms with Crippen molar-refractivity contribution >= 4 is 23.5 Å². The highest BCUT2D eigenvalue weighted by molar-refractivity contribution is 6.30. The number of carbonyl (C=O) groups excluding carboxylic acids is 1. The van der Waals surface area contributed by atoms with Crippen molar-refractivity contribution in [3.8, 4) is 0 Å². The van der Waals surface area contributed by atoms with Gasteiger partial charge in [0.2, 0.25) is 5.91 Å². The van der Waals surface area contributed by atoms with Gasteiger partial charge < -0.3 is 10.0 Å². The molecule has 1 amide bonds. The third-order valence-corrected chi connectivity index (χ3v) is 2.88. The van der Waals surface area contributed by atoms with Crippen LogP contribution >= 0.6 is 11.6 Å². The first-order valence-corrected chi connectivity index (χ1v) is 5.44. The minimum Gasteiger partial charge on any atom is -0.479 e. The van der Waals surface area contributed by atoms with Crippen LogP contribution < -0.4 is 0 Å². The summed E-state index contributed by atoms with van der Waals surface area (Å²) in [6.07, 6.45) is 0. The zero-order valence-corrected chi connectivity index (χ0v) is 10.7. The topological polar surface area (TPSA) is 57.6 Å². The van der Waals surface area contributed by atoms with E-state index in [4.69, 9.17) is 11.6 Å². The van der Waals surface area contributed by atoms with Gasteiger partial charge in [0.25, 0.3) is 0 Å². The number of aryl methyl sites for hydroxylation is 1. The lowest BCUT2D eigenvalue weighted by Crippen LogP contribution is -2.34. The molecule has 4 nitrogen and oxygen atoms in total. The predicted octanol–water partition coefficient (Wildman–Crippen LogP) is 2.25. The van der Waals surface area contributed by atoms with E-state index in [1.165, 1.54) is 18.9 Å². The van der Waals surface area contributed by atoms with Gasteiger partial charge in [0.15, 0.2) is 6.04 Å². The van der Waals surface area contributed by atoms with E-state index in [9.17, 15) is 14.7 Å². The van der Waals surface area contributed by atoms with Crippen LogP contribution in [0.25, 0.3) is 0 Å². The van der Waals surface area contributed by atoms with Crippen molar-refractivity contribution in [3.63, 3.8) is 0 Å². The lowest BCUT2D eigenvalue weighted by atomic mass is 10.0. The van der Waals surface area contributed by atoms with E-state index in [0.29, 0.717) is 10.6 Å². The maximum absolute atomic E-state index is 11.3. The summed E-state index contributed by atoms with van der Waals surface area (Å²) in [6.45, 7) is 3.10. The molecule has 0 aliphatic carbocycles. The summed E-state index contributed by atoms with van der Waals surface area (Å²) in [7, 11) is 1.47. The molecule has 0 saturated heterocycles.